The number of carbonyl (C=O) groups excluding carboxylic acids is 1. The first-order valence-corrected chi connectivity index (χ1v) is 8.43. The Labute approximate surface area is 142 Å². The number of nitrogens with zero attached hydrogens (tertiary/aromatic N) is 1. The summed E-state index contributed by atoms with van der Waals surface area (Å²) in [5.41, 5.74) is 1.01. The zero-order valence-corrected chi connectivity index (χ0v) is 14.1. The minimum atomic E-state index is -0.0673. The van der Waals surface area contributed by atoms with Crippen molar-refractivity contribution in [2.24, 2.45) is 0 Å². The average Bonchev–Trinajstić information content (AvgIpc) is 2.82. The Bertz CT molecular complexity index is 610. The van der Waals surface area contributed by atoms with Gasteiger partial charge in [-0.05, 0) is 30.2 Å². The van der Waals surface area contributed by atoms with E-state index < -0.39 is 0 Å². The molecule has 1 aromatic heterocycles. The summed E-state index contributed by atoms with van der Waals surface area (Å²) in [7, 11) is 0. The van der Waals surface area contributed by atoms with Gasteiger partial charge in [-0.25, -0.2) is 4.98 Å². The maximum absolute atomic E-state index is 11.6. The molecule has 0 spiro atoms. The Balaban J connectivity index is 1.98. The number of hydrogen-bond donors (Lipinski definition) is 1. The SMILES string of the molecule is O=C(CCCCl)Nc1ncc(Cc2cc(Cl)cc(Cl)c2)s1. The van der Waals surface area contributed by atoms with E-state index in [-0.39, 0.29) is 5.91 Å². The van der Waals surface area contributed by atoms with Gasteiger partial charge in [0, 0.05) is 39.8 Å². The van der Waals surface area contributed by atoms with E-state index >= 15 is 0 Å². The molecular formula is C14H13Cl3N2OS. The zero-order chi connectivity index (χ0) is 15.2. The molecule has 0 fully saturated rings. The quantitative estimate of drug-likeness (QED) is 0.734. The molecule has 1 amide bonds. The molecule has 0 aliphatic carbocycles. The second-order valence-electron chi connectivity index (χ2n) is 4.43. The van der Waals surface area contributed by atoms with Gasteiger partial charge in [0.15, 0.2) is 5.13 Å². The van der Waals surface area contributed by atoms with Crippen LogP contribution in [0.15, 0.2) is 24.4 Å². The summed E-state index contributed by atoms with van der Waals surface area (Å²) in [6.07, 6.45) is 3.49. The van der Waals surface area contributed by atoms with Crippen LogP contribution in [0.3, 0.4) is 0 Å². The van der Waals surface area contributed by atoms with Crippen LogP contribution in [0.25, 0.3) is 0 Å². The summed E-state index contributed by atoms with van der Waals surface area (Å²) in [6.45, 7) is 0. The van der Waals surface area contributed by atoms with E-state index in [2.05, 4.69) is 10.3 Å². The molecule has 1 N–H and O–H groups in total. The highest BCUT2D eigenvalue weighted by molar-refractivity contribution is 7.15. The molecule has 0 aliphatic heterocycles. The van der Waals surface area contributed by atoms with E-state index in [0.29, 0.717) is 40.3 Å². The summed E-state index contributed by atoms with van der Waals surface area (Å²) in [4.78, 5) is 16.8. The van der Waals surface area contributed by atoms with Gasteiger partial charge in [-0.2, -0.15) is 0 Å². The van der Waals surface area contributed by atoms with E-state index in [1.54, 1.807) is 12.3 Å². The molecule has 1 heterocycles. The van der Waals surface area contributed by atoms with Crippen LogP contribution in [0.4, 0.5) is 5.13 Å². The Hall–Kier alpha value is -0.810. The number of aromatic nitrogens is 1. The number of rotatable bonds is 6. The number of alkyl halides is 1. The maximum Gasteiger partial charge on any atom is 0.226 e. The Morgan fingerprint density at radius 1 is 1.24 bits per heavy atom. The largest absolute Gasteiger partial charge is 0.302 e. The summed E-state index contributed by atoms with van der Waals surface area (Å²) >= 11 is 18.9. The van der Waals surface area contributed by atoms with Gasteiger partial charge in [-0.3, -0.25) is 4.79 Å². The van der Waals surface area contributed by atoms with Crippen LogP contribution in [-0.4, -0.2) is 16.8 Å². The molecule has 3 nitrogen and oxygen atoms in total. The topological polar surface area (TPSA) is 42.0 Å². The third kappa shape index (κ3) is 5.47. The third-order valence-corrected chi connectivity index (χ3v) is 4.25. The van der Waals surface area contributed by atoms with Gasteiger partial charge in [-0.15, -0.1) is 22.9 Å². The number of carbonyl (C=O) groups is 1. The van der Waals surface area contributed by atoms with Gasteiger partial charge in [0.05, 0.1) is 0 Å². The number of benzene rings is 1. The molecule has 0 saturated carbocycles. The van der Waals surface area contributed by atoms with Crippen LogP contribution in [0.5, 0.6) is 0 Å². The highest BCUT2D eigenvalue weighted by Gasteiger charge is 2.08. The summed E-state index contributed by atoms with van der Waals surface area (Å²) < 4.78 is 0. The Morgan fingerprint density at radius 2 is 1.95 bits per heavy atom. The average molecular weight is 364 g/mol. The van der Waals surface area contributed by atoms with Gasteiger partial charge in [0.25, 0.3) is 0 Å². The lowest BCUT2D eigenvalue weighted by molar-refractivity contribution is -0.116. The van der Waals surface area contributed by atoms with Gasteiger partial charge in [-0.1, -0.05) is 23.2 Å². The fraction of sp³-hybridized carbons (Fsp3) is 0.286. The summed E-state index contributed by atoms with van der Waals surface area (Å²) in [6, 6.07) is 5.43. The van der Waals surface area contributed by atoms with Crippen LogP contribution < -0.4 is 5.32 Å². The first-order valence-electron chi connectivity index (χ1n) is 6.32. The van der Waals surface area contributed by atoms with Crippen molar-refractivity contribution in [1.29, 1.82) is 0 Å². The van der Waals surface area contributed by atoms with E-state index in [1.807, 2.05) is 12.1 Å². The van der Waals surface area contributed by atoms with Crippen molar-refractivity contribution in [3.63, 3.8) is 0 Å². The Kier molecular flexibility index (Phi) is 6.30. The second kappa shape index (κ2) is 7.99. The van der Waals surface area contributed by atoms with Crippen molar-refractivity contribution >= 4 is 57.2 Å². The lowest BCUT2D eigenvalue weighted by Crippen LogP contribution is -2.10. The number of halogens is 3. The molecule has 2 rings (SSSR count). The number of nitrogens with one attached hydrogen (secondary N) is 1. The minimum Gasteiger partial charge on any atom is -0.302 e. The van der Waals surface area contributed by atoms with Gasteiger partial charge < -0.3 is 5.32 Å². The molecule has 112 valence electrons. The number of amides is 1. The van der Waals surface area contributed by atoms with Gasteiger partial charge in [0.2, 0.25) is 5.91 Å². The van der Waals surface area contributed by atoms with E-state index in [1.165, 1.54) is 11.3 Å². The minimum absolute atomic E-state index is 0.0673. The van der Waals surface area contributed by atoms with Crippen molar-refractivity contribution in [2.45, 2.75) is 19.3 Å². The van der Waals surface area contributed by atoms with Crippen molar-refractivity contribution in [1.82, 2.24) is 4.98 Å². The number of hydrogen-bond acceptors (Lipinski definition) is 3. The highest BCUT2D eigenvalue weighted by Crippen LogP contribution is 2.25. The van der Waals surface area contributed by atoms with Crippen molar-refractivity contribution in [3.8, 4) is 0 Å². The van der Waals surface area contributed by atoms with E-state index in [0.717, 1.165) is 10.4 Å². The smallest absolute Gasteiger partial charge is 0.226 e. The highest BCUT2D eigenvalue weighted by atomic mass is 35.5. The summed E-state index contributed by atoms with van der Waals surface area (Å²) in [5, 5.41) is 4.57. The lowest BCUT2D eigenvalue weighted by atomic mass is 10.1. The van der Waals surface area contributed by atoms with E-state index in [9.17, 15) is 4.79 Å². The molecule has 0 unspecified atom stereocenters. The molecule has 7 heteroatoms. The van der Waals surface area contributed by atoms with Gasteiger partial charge in [0.1, 0.15) is 0 Å². The van der Waals surface area contributed by atoms with Crippen LogP contribution in [0.2, 0.25) is 10.0 Å². The predicted molar refractivity (Wildman–Crippen MR) is 90.0 cm³/mol. The second-order valence-corrected chi connectivity index (χ2v) is 6.79. The molecule has 0 atom stereocenters. The Morgan fingerprint density at radius 3 is 2.62 bits per heavy atom. The molecule has 0 aliphatic rings. The van der Waals surface area contributed by atoms with Crippen molar-refractivity contribution in [2.75, 3.05) is 11.2 Å². The van der Waals surface area contributed by atoms with Gasteiger partial charge >= 0.3 is 0 Å². The molecule has 0 saturated heterocycles. The molecular weight excluding hydrogens is 351 g/mol. The van der Waals surface area contributed by atoms with Crippen LogP contribution in [-0.2, 0) is 11.2 Å². The lowest BCUT2D eigenvalue weighted by Gasteiger charge is -2.01. The third-order valence-electron chi connectivity index (χ3n) is 2.64. The predicted octanol–water partition coefficient (Wildman–Crippen LogP) is 5.00. The molecule has 21 heavy (non-hydrogen) atoms. The van der Waals surface area contributed by atoms with E-state index in [4.69, 9.17) is 34.8 Å². The number of anilines is 1. The van der Waals surface area contributed by atoms with Crippen LogP contribution in [0.1, 0.15) is 23.3 Å². The normalized spacial score (nSPS) is 10.6. The van der Waals surface area contributed by atoms with Crippen molar-refractivity contribution < 1.29 is 4.79 Å². The van der Waals surface area contributed by atoms with Crippen molar-refractivity contribution in [3.05, 3.63) is 44.9 Å². The fourth-order valence-corrected chi connectivity index (χ4v) is 3.34. The standard InChI is InChI=1S/C14H13Cl3N2OS/c15-3-1-2-13(20)19-14-18-8-12(21-14)6-9-4-10(16)7-11(17)5-9/h4-5,7-8H,1-3,6H2,(H,18,19,20). The van der Waals surface area contributed by atoms with Crippen LogP contribution in [0, 0.1) is 0 Å². The summed E-state index contributed by atoms with van der Waals surface area (Å²) in [5.74, 6) is 0.411. The zero-order valence-electron chi connectivity index (χ0n) is 11.0. The fourth-order valence-electron chi connectivity index (χ4n) is 1.77. The molecule has 0 bridgehead atoms. The maximum atomic E-state index is 11.6. The van der Waals surface area contributed by atoms with Crippen LogP contribution >= 0.6 is 46.1 Å². The monoisotopic (exact) mass is 362 g/mol. The molecule has 0 radical (unpaired) electrons. The molecule has 2 aromatic rings. The number of thiazole rings is 1. The first kappa shape index (κ1) is 16.6. The first-order chi connectivity index (χ1) is 10.1. The molecule has 1 aromatic carbocycles.